The highest BCUT2D eigenvalue weighted by Crippen LogP contribution is 2.29. The van der Waals surface area contributed by atoms with Gasteiger partial charge in [0.05, 0.1) is 12.3 Å². The van der Waals surface area contributed by atoms with Gasteiger partial charge in [0.25, 0.3) is 0 Å². The summed E-state index contributed by atoms with van der Waals surface area (Å²) in [6.07, 6.45) is 3.85. The smallest absolute Gasteiger partial charge is 0.121 e. The molecule has 1 unspecified atom stereocenters. The molecule has 2 nitrogen and oxygen atoms in total. The molecule has 0 bridgehead atoms. The minimum Gasteiger partial charge on any atom is -0.468 e. The lowest BCUT2D eigenvalue weighted by atomic mass is 10.0. The van der Waals surface area contributed by atoms with Gasteiger partial charge < -0.3 is 9.73 Å². The molecule has 0 radical (unpaired) electrons. The second-order valence-electron chi connectivity index (χ2n) is 4.98. The molecular formula is C17H19NOS. The Labute approximate surface area is 123 Å². The van der Waals surface area contributed by atoms with Crippen LogP contribution in [0.15, 0.2) is 52.5 Å². The van der Waals surface area contributed by atoms with Gasteiger partial charge in [-0.05, 0) is 53.9 Å². The Morgan fingerprint density at radius 2 is 2.10 bits per heavy atom. The summed E-state index contributed by atoms with van der Waals surface area (Å²) in [4.78, 5) is 0. The van der Waals surface area contributed by atoms with Gasteiger partial charge in [0.2, 0.25) is 0 Å². The fraction of sp³-hybridized carbons (Fsp3) is 0.294. The first-order chi connectivity index (χ1) is 9.88. The molecule has 0 saturated heterocycles. The van der Waals surface area contributed by atoms with E-state index in [0.29, 0.717) is 0 Å². The van der Waals surface area contributed by atoms with Gasteiger partial charge in [-0.3, -0.25) is 0 Å². The molecule has 1 atom stereocenters. The Morgan fingerprint density at radius 3 is 2.90 bits per heavy atom. The van der Waals surface area contributed by atoms with Crippen LogP contribution in [0.4, 0.5) is 0 Å². The first kappa shape index (κ1) is 13.4. The van der Waals surface area contributed by atoms with E-state index in [9.17, 15) is 0 Å². The second-order valence-corrected chi connectivity index (χ2v) is 5.89. The van der Waals surface area contributed by atoms with Crippen molar-refractivity contribution in [3.63, 3.8) is 0 Å². The Bertz CT molecular complexity index is 657. The minimum atomic E-state index is 0.253. The third-order valence-corrected chi connectivity index (χ3v) is 4.52. The van der Waals surface area contributed by atoms with E-state index in [2.05, 4.69) is 48.0 Å². The molecule has 3 heteroatoms. The Hall–Kier alpha value is -1.58. The summed E-state index contributed by atoms with van der Waals surface area (Å²) in [5, 5.41) is 7.23. The SMILES string of the molecule is CCCNC(Cc1csc2ccccc12)c1ccco1. The van der Waals surface area contributed by atoms with Crippen molar-refractivity contribution < 1.29 is 4.42 Å². The van der Waals surface area contributed by atoms with Gasteiger partial charge in [0.1, 0.15) is 5.76 Å². The molecule has 2 aromatic heterocycles. The van der Waals surface area contributed by atoms with Gasteiger partial charge >= 0.3 is 0 Å². The Morgan fingerprint density at radius 1 is 1.20 bits per heavy atom. The molecule has 0 spiro atoms. The van der Waals surface area contributed by atoms with Crippen molar-refractivity contribution in [1.82, 2.24) is 5.32 Å². The van der Waals surface area contributed by atoms with Gasteiger partial charge in [-0.2, -0.15) is 0 Å². The highest BCUT2D eigenvalue weighted by atomic mass is 32.1. The molecule has 0 fully saturated rings. The number of hydrogen-bond acceptors (Lipinski definition) is 3. The predicted octanol–water partition coefficient (Wildman–Crippen LogP) is 4.78. The standard InChI is InChI=1S/C17H19NOS/c1-2-9-18-15(16-7-5-10-19-16)11-13-12-20-17-8-4-3-6-14(13)17/h3-8,10,12,15,18H,2,9,11H2,1H3. The molecule has 2 heterocycles. The third-order valence-electron chi connectivity index (χ3n) is 3.51. The topological polar surface area (TPSA) is 25.2 Å². The van der Waals surface area contributed by atoms with Crippen molar-refractivity contribution in [1.29, 1.82) is 0 Å². The molecule has 0 saturated carbocycles. The Kier molecular flexibility index (Phi) is 4.19. The molecule has 104 valence electrons. The third kappa shape index (κ3) is 2.79. The van der Waals surface area contributed by atoms with Crippen LogP contribution in [-0.2, 0) is 6.42 Å². The van der Waals surface area contributed by atoms with Crippen LogP contribution in [0, 0.1) is 0 Å². The summed E-state index contributed by atoms with van der Waals surface area (Å²) in [7, 11) is 0. The highest BCUT2D eigenvalue weighted by molar-refractivity contribution is 7.17. The van der Waals surface area contributed by atoms with E-state index in [4.69, 9.17) is 4.42 Å². The van der Waals surface area contributed by atoms with E-state index in [1.165, 1.54) is 15.6 Å². The molecule has 0 aliphatic rings. The summed E-state index contributed by atoms with van der Waals surface area (Å²) in [5.41, 5.74) is 1.40. The van der Waals surface area contributed by atoms with Gasteiger partial charge in [-0.25, -0.2) is 0 Å². The van der Waals surface area contributed by atoms with E-state index in [1.807, 2.05) is 17.4 Å². The molecule has 1 aromatic carbocycles. The van der Waals surface area contributed by atoms with Crippen LogP contribution in [0.25, 0.3) is 10.1 Å². The number of furan rings is 1. The number of hydrogen-bond donors (Lipinski definition) is 1. The molecule has 0 aliphatic carbocycles. The Balaban J connectivity index is 1.85. The fourth-order valence-corrected chi connectivity index (χ4v) is 3.47. The van der Waals surface area contributed by atoms with E-state index >= 15 is 0 Å². The largest absolute Gasteiger partial charge is 0.468 e. The molecule has 20 heavy (non-hydrogen) atoms. The van der Waals surface area contributed by atoms with Crippen LogP contribution >= 0.6 is 11.3 Å². The summed E-state index contributed by atoms with van der Waals surface area (Å²) in [5.74, 6) is 1.02. The van der Waals surface area contributed by atoms with E-state index in [-0.39, 0.29) is 6.04 Å². The quantitative estimate of drug-likeness (QED) is 0.705. The lowest BCUT2D eigenvalue weighted by molar-refractivity contribution is 0.411. The first-order valence-electron chi connectivity index (χ1n) is 7.10. The average molecular weight is 285 g/mol. The highest BCUT2D eigenvalue weighted by Gasteiger charge is 2.16. The van der Waals surface area contributed by atoms with Crippen molar-refractivity contribution in [2.24, 2.45) is 0 Å². The van der Waals surface area contributed by atoms with Gasteiger partial charge in [0, 0.05) is 4.70 Å². The first-order valence-corrected chi connectivity index (χ1v) is 7.98. The summed E-state index contributed by atoms with van der Waals surface area (Å²) in [6.45, 7) is 3.19. The van der Waals surface area contributed by atoms with Crippen LogP contribution in [-0.4, -0.2) is 6.54 Å². The maximum absolute atomic E-state index is 5.59. The monoisotopic (exact) mass is 285 g/mol. The molecule has 0 aliphatic heterocycles. The van der Waals surface area contributed by atoms with Gasteiger partial charge in [-0.15, -0.1) is 11.3 Å². The van der Waals surface area contributed by atoms with E-state index < -0.39 is 0 Å². The number of benzene rings is 1. The molecule has 3 rings (SSSR count). The summed E-state index contributed by atoms with van der Waals surface area (Å²) >= 11 is 1.82. The van der Waals surface area contributed by atoms with Crippen molar-refractivity contribution in [2.45, 2.75) is 25.8 Å². The van der Waals surface area contributed by atoms with Gasteiger partial charge in [0.15, 0.2) is 0 Å². The van der Waals surface area contributed by atoms with Gasteiger partial charge in [-0.1, -0.05) is 25.1 Å². The normalized spacial score (nSPS) is 12.8. The zero-order valence-electron chi connectivity index (χ0n) is 11.6. The number of rotatable bonds is 6. The van der Waals surface area contributed by atoms with E-state index in [0.717, 1.165) is 25.1 Å². The molecule has 0 amide bonds. The van der Waals surface area contributed by atoms with Crippen molar-refractivity contribution in [3.8, 4) is 0 Å². The van der Waals surface area contributed by atoms with Crippen LogP contribution in [0.2, 0.25) is 0 Å². The zero-order chi connectivity index (χ0) is 13.8. The maximum Gasteiger partial charge on any atom is 0.121 e. The summed E-state index contributed by atoms with van der Waals surface area (Å²) in [6, 6.07) is 12.9. The number of thiophene rings is 1. The minimum absolute atomic E-state index is 0.253. The van der Waals surface area contributed by atoms with Crippen LogP contribution in [0.3, 0.4) is 0 Å². The predicted molar refractivity (Wildman–Crippen MR) is 85.3 cm³/mol. The van der Waals surface area contributed by atoms with Crippen molar-refractivity contribution in [3.05, 3.63) is 59.4 Å². The fourth-order valence-electron chi connectivity index (χ4n) is 2.49. The molecular weight excluding hydrogens is 266 g/mol. The number of nitrogens with one attached hydrogen (secondary N) is 1. The maximum atomic E-state index is 5.59. The van der Waals surface area contributed by atoms with E-state index in [1.54, 1.807) is 6.26 Å². The van der Waals surface area contributed by atoms with Crippen LogP contribution < -0.4 is 5.32 Å². The average Bonchev–Trinajstić information content (AvgIpc) is 3.13. The number of fused-ring (bicyclic) bond motifs is 1. The summed E-state index contributed by atoms with van der Waals surface area (Å²) < 4.78 is 6.95. The molecule has 3 aromatic rings. The lowest BCUT2D eigenvalue weighted by Gasteiger charge is -2.16. The van der Waals surface area contributed by atoms with Crippen LogP contribution in [0.1, 0.15) is 30.7 Å². The second kappa shape index (κ2) is 6.25. The van der Waals surface area contributed by atoms with Crippen molar-refractivity contribution >= 4 is 21.4 Å². The zero-order valence-corrected chi connectivity index (χ0v) is 12.5. The molecule has 1 N–H and O–H groups in total. The van der Waals surface area contributed by atoms with Crippen LogP contribution in [0.5, 0.6) is 0 Å². The lowest BCUT2D eigenvalue weighted by Crippen LogP contribution is -2.23. The van der Waals surface area contributed by atoms with Crippen molar-refractivity contribution in [2.75, 3.05) is 6.54 Å².